The fourth-order valence-corrected chi connectivity index (χ4v) is 3.17. The van der Waals surface area contributed by atoms with Crippen LogP contribution in [-0.2, 0) is 11.3 Å². The van der Waals surface area contributed by atoms with Gasteiger partial charge in [0, 0.05) is 36.5 Å². The molecule has 1 amide bonds. The number of carbonyl (C=O) groups excluding carboxylic acids is 1. The Morgan fingerprint density at radius 1 is 1.46 bits per heavy atom. The van der Waals surface area contributed by atoms with Crippen molar-refractivity contribution in [3.63, 3.8) is 0 Å². The zero-order valence-electron chi connectivity index (χ0n) is 13.8. The van der Waals surface area contributed by atoms with Crippen LogP contribution in [0, 0.1) is 11.6 Å². The molecule has 134 valence electrons. The highest BCUT2D eigenvalue weighted by Crippen LogP contribution is 2.22. The van der Waals surface area contributed by atoms with Gasteiger partial charge in [0.2, 0.25) is 0 Å². The minimum atomic E-state index is -0.467. The summed E-state index contributed by atoms with van der Waals surface area (Å²) in [5.74, 6) is -0.913. The number of nitrogens with zero attached hydrogens (tertiary/aromatic N) is 1. The summed E-state index contributed by atoms with van der Waals surface area (Å²) in [7, 11) is 0. The molecule has 1 aliphatic rings. The van der Waals surface area contributed by atoms with Crippen molar-refractivity contribution in [2.24, 2.45) is 0 Å². The SMILES string of the molecule is CCCCOC(=O)N1C[C@H](S)C[C@H]1CNCc1cc(F)ccc1F. The molecule has 7 heteroatoms. The van der Waals surface area contributed by atoms with Gasteiger partial charge in [-0.25, -0.2) is 13.6 Å². The summed E-state index contributed by atoms with van der Waals surface area (Å²) < 4.78 is 32.0. The van der Waals surface area contributed by atoms with Crippen LogP contribution in [0.2, 0.25) is 0 Å². The Morgan fingerprint density at radius 3 is 3.00 bits per heavy atom. The zero-order valence-corrected chi connectivity index (χ0v) is 14.7. The van der Waals surface area contributed by atoms with Gasteiger partial charge in [-0.1, -0.05) is 13.3 Å². The summed E-state index contributed by atoms with van der Waals surface area (Å²) in [6, 6.07) is 3.33. The topological polar surface area (TPSA) is 41.6 Å². The molecule has 1 heterocycles. The fraction of sp³-hybridized carbons (Fsp3) is 0.588. The second-order valence-corrected chi connectivity index (χ2v) is 6.76. The molecule has 0 aliphatic carbocycles. The molecule has 1 aromatic rings. The maximum atomic E-state index is 13.6. The molecule has 0 saturated carbocycles. The van der Waals surface area contributed by atoms with Crippen molar-refractivity contribution in [1.29, 1.82) is 0 Å². The number of hydrogen-bond acceptors (Lipinski definition) is 4. The van der Waals surface area contributed by atoms with Gasteiger partial charge in [-0.15, -0.1) is 0 Å². The highest BCUT2D eigenvalue weighted by molar-refractivity contribution is 7.81. The average molecular weight is 358 g/mol. The number of benzene rings is 1. The predicted molar refractivity (Wildman–Crippen MR) is 92.2 cm³/mol. The fourth-order valence-electron chi connectivity index (χ4n) is 2.75. The predicted octanol–water partition coefficient (Wildman–Crippen LogP) is 3.36. The van der Waals surface area contributed by atoms with E-state index >= 15 is 0 Å². The van der Waals surface area contributed by atoms with Gasteiger partial charge in [-0.05, 0) is 31.0 Å². The summed E-state index contributed by atoms with van der Waals surface area (Å²) in [6.07, 6.45) is 2.21. The molecule has 1 saturated heterocycles. The van der Waals surface area contributed by atoms with E-state index in [-0.39, 0.29) is 29.5 Å². The summed E-state index contributed by atoms with van der Waals surface area (Å²) in [4.78, 5) is 13.8. The smallest absolute Gasteiger partial charge is 0.410 e. The molecule has 24 heavy (non-hydrogen) atoms. The lowest BCUT2D eigenvalue weighted by atomic mass is 10.2. The van der Waals surface area contributed by atoms with Crippen molar-refractivity contribution < 1.29 is 18.3 Å². The van der Waals surface area contributed by atoms with Gasteiger partial charge in [0.05, 0.1) is 6.61 Å². The van der Waals surface area contributed by atoms with Crippen LogP contribution < -0.4 is 5.32 Å². The van der Waals surface area contributed by atoms with E-state index in [1.807, 2.05) is 6.92 Å². The Labute approximate surface area is 147 Å². The first-order chi connectivity index (χ1) is 11.5. The van der Waals surface area contributed by atoms with Gasteiger partial charge in [-0.3, -0.25) is 0 Å². The Kier molecular flexibility index (Phi) is 7.30. The number of unbranched alkanes of at least 4 members (excludes halogenated alkanes) is 1. The van der Waals surface area contributed by atoms with Gasteiger partial charge >= 0.3 is 6.09 Å². The zero-order chi connectivity index (χ0) is 17.5. The number of nitrogens with one attached hydrogen (secondary N) is 1. The molecule has 1 aliphatic heterocycles. The molecule has 0 unspecified atom stereocenters. The number of halogens is 2. The molecule has 0 bridgehead atoms. The largest absolute Gasteiger partial charge is 0.449 e. The maximum Gasteiger partial charge on any atom is 0.410 e. The quantitative estimate of drug-likeness (QED) is 0.580. The Balaban J connectivity index is 1.85. The molecule has 4 nitrogen and oxygen atoms in total. The third kappa shape index (κ3) is 5.34. The van der Waals surface area contributed by atoms with E-state index < -0.39 is 11.6 Å². The lowest BCUT2D eigenvalue weighted by Gasteiger charge is -2.24. The van der Waals surface area contributed by atoms with Gasteiger partial charge in [0.15, 0.2) is 0 Å². The van der Waals surface area contributed by atoms with Crippen molar-refractivity contribution in [1.82, 2.24) is 10.2 Å². The second kappa shape index (κ2) is 9.22. The second-order valence-electron chi connectivity index (χ2n) is 6.03. The number of carbonyl (C=O) groups is 1. The number of hydrogen-bond donors (Lipinski definition) is 2. The van der Waals surface area contributed by atoms with Crippen molar-refractivity contribution >= 4 is 18.7 Å². The van der Waals surface area contributed by atoms with E-state index in [1.54, 1.807) is 4.90 Å². The first kappa shape index (κ1) is 19.0. The molecule has 2 rings (SSSR count). The summed E-state index contributed by atoms with van der Waals surface area (Å²) in [5, 5.41) is 3.19. The monoisotopic (exact) mass is 358 g/mol. The van der Waals surface area contributed by atoms with E-state index in [0.29, 0.717) is 19.7 Å². The van der Waals surface area contributed by atoms with Gasteiger partial charge < -0.3 is 15.0 Å². The highest BCUT2D eigenvalue weighted by Gasteiger charge is 2.34. The molecule has 0 aromatic heterocycles. The van der Waals surface area contributed by atoms with Crippen molar-refractivity contribution in [2.75, 3.05) is 19.7 Å². The molecule has 1 aromatic carbocycles. The van der Waals surface area contributed by atoms with Crippen LogP contribution in [-0.4, -0.2) is 42.0 Å². The molecule has 1 N–H and O–H groups in total. The minimum absolute atomic E-state index is 0.0572. The van der Waals surface area contributed by atoms with Gasteiger partial charge in [-0.2, -0.15) is 12.6 Å². The number of rotatable bonds is 7. The Hall–Kier alpha value is -1.34. The third-order valence-corrected chi connectivity index (χ3v) is 4.43. The molecule has 0 radical (unpaired) electrons. The Morgan fingerprint density at radius 2 is 2.25 bits per heavy atom. The van der Waals surface area contributed by atoms with Crippen LogP contribution in [0.4, 0.5) is 13.6 Å². The Bertz CT molecular complexity index is 559. The summed E-state index contributed by atoms with van der Waals surface area (Å²) in [6.45, 7) is 3.67. The van der Waals surface area contributed by atoms with E-state index in [0.717, 1.165) is 31.4 Å². The molecular weight excluding hydrogens is 334 g/mol. The molecule has 1 fully saturated rings. The first-order valence-corrected chi connectivity index (χ1v) is 8.79. The average Bonchev–Trinajstić information content (AvgIpc) is 2.92. The number of likely N-dealkylation sites (tertiary alicyclic amines) is 1. The van der Waals surface area contributed by atoms with E-state index in [2.05, 4.69) is 17.9 Å². The van der Waals surface area contributed by atoms with Crippen LogP contribution in [0.25, 0.3) is 0 Å². The standard InChI is InChI=1S/C17H24F2N2O2S/c1-2-3-6-23-17(22)21-11-15(24)8-14(21)10-20-9-12-7-13(18)4-5-16(12)19/h4-5,7,14-15,20,24H,2-3,6,8-11H2,1H3/t14-,15+/m0/s1. The lowest BCUT2D eigenvalue weighted by molar-refractivity contribution is 0.0967. The first-order valence-electron chi connectivity index (χ1n) is 8.27. The van der Waals surface area contributed by atoms with Crippen LogP contribution in [0.15, 0.2) is 18.2 Å². The van der Waals surface area contributed by atoms with Crippen molar-refractivity contribution in [3.05, 3.63) is 35.4 Å². The van der Waals surface area contributed by atoms with Gasteiger partial charge in [0.25, 0.3) is 0 Å². The number of ether oxygens (including phenoxy) is 1. The van der Waals surface area contributed by atoms with Crippen LogP contribution in [0.3, 0.4) is 0 Å². The van der Waals surface area contributed by atoms with E-state index in [1.165, 1.54) is 6.07 Å². The lowest BCUT2D eigenvalue weighted by Crippen LogP contribution is -2.42. The number of amides is 1. The van der Waals surface area contributed by atoms with Gasteiger partial charge in [0.1, 0.15) is 11.6 Å². The van der Waals surface area contributed by atoms with E-state index in [9.17, 15) is 13.6 Å². The summed E-state index contributed by atoms with van der Waals surface area (Å²) >= 11 is 4.45. The summed E-state index contributed by atoms with van der Waals surface area (Å²) in [5.41, 5.74) is 0.271. The molecule has 2 atom stereocenters. The van der Waals surface area contributed by atoms with Crippen molar-refractivity contribution in [3.8, 4) is 0 Å². The van der Waals surface area contributed by atoms with Crippen molar-refractivity contribution in [2.45, 2.75) is 44.0 Å². The van der Waals surface area contributed by atoms with Crippen LogP contribution >= 0.6 is 12.6 Å². The minimum Gasteiger partial charge on any atom is -0.449 e. The normalized spacial score (nSPS) is 20.4. The highest BCUT2D eigenvalue weighted by atomic mass is 32.1. The molecular formula is C17H24F2N2O2S. The number of thiol groups is 1. The third-order valence-electron chi connectivity index (χ3n) is 4.05. The maximum absolute atomic E-state index is 13.6. The van der Waals surface area contributed by atoms with Crippen LogP contribution in [0.5, 0.6) is 0 Å². The van der Waals surface area contributed by atoms with Crippen LogP contribution in [0.1, 0.15) is 31.7 Å². The molecule has 0 spiro atoms. The van der Waals surface area contributed by atoms with E-state index in [4.69, 9.17) is 4.74 Å².